The van der Waals surface area contributed by atoms with Crippen molar-refractivity contribution in [3.05, 3.63) is 0 Å². The van der Waals surface area contributed by atoms with E-state index in [0.717, 1.165) is 39.0 Å². The topological polar surface area (TPSA) is 38.8 Å². The number of carbonyl (C=O) groups excluding carboxylic acids is 1. The summed E-state index contributed by atoms with van der Waals surface area (Å²) in [6, 6.07) is 0.464. The van der Waals surface area contributed by atoms with Crippen LogP contribution < -0.4 is 0 Å². The van der Waals surface area contributed by atoms with Crippen LogP contribution in [0, 0.1) is 5.92 Å². The molecule has 1 heterocycles. The molecule has 0 spiro atoms. The minimum absolute atomic E-state index is 0.136. The van der Waals surface area contributed by atoms with E-state index >= 15 is 0 Å². The van der Waals surface area contributed by atoms with Crippen molar-refractivity contribution in [2.75, 3.05) is 26.9 Å². The first kappa shape index (κ1) is 11.9. The van der Waals surface area contributed by atoms with Gasteiger partial charge in [0.1, 0.15) is 6.10 Å². The van der Waals surface area contributed by atoms with E-state index in [1.807, 2.05) is 11.8 Å². The largest absolute Gasteiger partial charge is 0.381 e. The molecule has 1 amide bonds. The van der Waals surface area contributed by atoms with Gasteiger partial charge in [-0.15, -0.1) is 0 Å². The predicted molar refractivity (Wildman–Crippen MR) is 60.1 cm³/mol. The van der Waals surface area contributed by atoms with Crippen LogP contribution in [0.1, 0.15) is 26.2 Å². The van der Waals surface area contributed by atoms with Crippen molar-refractivity contribution in [1.82, 2.24) is 4.90 Å². The molecule has 2 unspecified atom stereocenters. The molecule has 0 aromatic rings. The van der Waals surface area contributed by atoms with Crippen molar-refractivity contribution < 1.29 is 14.3 Å². The normalized spacial score (nSPS) is 26.8. The lowest BCUT2D eigenvalue weighted by molar-refractivity contribution is -0.142. The number of nitrogens with zero attached hydrogens (tertiary/aromatic N) is 1. The Morgan fingerprint density at radius 3 is 2.75 bits per heavy atom. The summed E-state index contributed by atoms with van der Waals surface area (Å²) in [5.41, 5.74) is 0. The summed E-state index contributed by atoms with van der Waals surface area (Å²) >= 11 is 0. The van der Waals surface area contributed by atoms with Gasteiger partial charge in [-0.3, -0.25) is 4.79 Å². The Morgan fingerprint density at radius 1 is 1.50 bits per heavy atom. The highest BCUT2D eigenvalue weighted by atomic mass is 16.5. The van der Waals surface area contributed by atoms with Gasteiger partial charge in [0.25, 0.3) is 5.91 Å². The molecule has 16 heavy (non-hydrogen) atoms. The maximum atomic E-state index is 12.1. The van der Waals surface area contributed by atoms with Gasteiger partial charge >= 0.3 is 0 Å². The summed E-state index contributed by atoms with van der Waals surface area (Å²) in [5.74, 6) is 0.658. The average molecular weight is 227 g/mol. The van der Waals surface area contributed by atoms with Crippen molar-refractivity contribution in [2.45, 2.75) is 38.3 Å². The maximum absolute atomic E-state index is 12.1. The van der Waals surface area contributed by atoms with Crippen LogP contribution in [0.3, 0.4) is 0 Å². The lowest BCUT2D eigenvalue weighted by Crippen LogP contribution is -2.43. The molecule has 0 bridgehead atoms. The Kier molecular flexibility index (Phi) is 3.82. The van der Waals surface area contributed by atoms with E-state index in [-0.39, 0.29) is 12.0 Å². The summed E-state index contributed by atoms with van der Waals surface area (Å²) in [6.07, 6.45) is 3.06. The van der Waals surface area contributed by atoms with Crippen molar-refractivity contribution in [3.63, 3.8) is 0 Å². The number of rotatable bonds is 5. The van der Waals surface area contributed by atoms with Crippen molar-refractivity contribution in [1.29, 1.82) is 0 Å². The van der Waals surface area contributed by atoms with E-state index in [1.54, 1.807) is 7.11 Å². The number of amides is 1. The van der Waals surface area contributed by atoms with Crippen LogP contribution in [0.2, 0.25) is 0 Å². The highest BCUT2D eigenvalue weighted by molar-refractivity contribution is 5.81. The third-order valence-electron chi connectivity index (χ3n) is 3.45. The smallest absolute Gasteiger partial charge is 0.251 e. The standard InChI is InChI=1S/C12H21NO3/c1-9(15-2)12(14)13(11-3-4-11)7-10-5-6-16-8-10/h9-11H,3-8H2,1-2H3. The SMILES string of the molecule is COC(C)C(=O)N(CC1CCOC1)C1CC1. The van der Waals surface area contributed by atoms with Gasteiger partial charge in [0.2, 0.25) is 0 Å². The third kappa shape index (κ3) is 2.74. The van der Waals surface area contributed by atoms with E-state index in [2.05, 4.69) is 0 Å². The van der Waals surface area contributed by atoms with Gasteiger partial charge in [0, 0.05) is 32.2 Å². The van der Waals surface area contributed by atoms with Gasteiger partial charge in [-0.1, -0.05) is 0 Å². The molecule has 1 saturated heterocycles. The van der Waals surface area contributed by atoms with Gasteiger partial charge in [0.15, 0.2) is 0 Å². The molecule has 2 rings (SSSR count). The highest BCUT2D eigenvalue weighted by Crippen LogP contribution is 2.29. The molecular formula is C12H21NO3. The fourth-order valence-corrected chi connectivity index (χ4v) is 2.15. The van der Waals surface area contributed by atoms with Gasteiger partial charge in [0.05, 0.1) is 6.61 Å². The summed E-state index contributed by atoms with van der Waals surface area (Å²) in [4.78, 5) is 14.1. The fourth-order valence-electron chi connectivity index (χ4n) is 2.15. The maximum Gasteiger partial charge on any atom is 0.251 e. The predicted octanol–water partition coefficient (Wildman–Crippen LogP) is 1.05. The summed E-state index contributed by atoms with van der Waals surface area (Å²) in [7, 11) is 1.59. The number of ether oxygens (including phenoxy) is 2. The Labute approximate surface area is 96.9 Å². The van der Waals surface area contributed by atoms with Crippen LogP contribution in [-0.2, 0) is 14.3 Å². The number of hydrogen-bond donors (Lipinski definition) is 0. The first-order valence-electron chi connectivity index (χ1n) is 6.13. The minimum atomic E-state index is -0.317. The van der Waals surface area contributed by atoms with Gasteiger partial charge in [-0.05, 0) is 26.2 Å². The molecule has 0 N–H and O–H groups in total. The molecule has 1 aliphatic heterocycles. The Balaban J connectivity index is 1.91. The van der Waals surface area contributed by atoms with E-state index in [1.165, 1.54) is 0 Å². The third-order valence-corrected chi connectivity index (χ3v) is 3.45. The summed E-state index contributed by atoms with van der Waals surface area (Å²) in [6.45, 7) is 4.31. The quantitative estimate of drug-likeness (QED) is 0.704. The second kappa shape index (κ2) is 5.15. The molecule has 2 aliphatic rings. The van der Waals surface area contributed by atoms with E-state index in [4.69, 9.17) is 9.47 Å². The zero-order valence-corrected chi connectivity index (χ0v) is 10.1. The monoisotopic (exact) mass is 227 g/mol. The van der Waals surface area contributed by atoms with Crippen LogP contribution in [0.4, 0.5) is 0 Å². The Hall–Kier alpha value is -0.610. The van der Waals surface area contributed by atoms with E-state index in [9.17, 15) is 4.79 Å². The van der Waals surface area contributed by atoms with Crippen LogP contribution in [0.15, 0.2) is 0 Å². The van der Waals surface area contributed by atoms with Gasteiger partial charge in [-0.2, -0.15) is 0 Å². The highest BCUT2D eigenvalue weighted by Gasteiger charge is 2.36. The van der Waals surface area contributed by atoms with Crippen LogP contribution in [-0.4, -0.2) is 49.8 Å². The summed E-state index contributed by atoms with van der Waals surface area (Å²) in [5, 5.41) is 0. The molecule has 0 aromatic heterocycles. The zero-order chi connectivity index (χ0) is 11.5. The van der Waals surface area contributed by atoms with Crippen LogP contribution in [0.25, 0.3) is 0 Å². The molecule has 0 radical (unpaired) electrons. The Bertz CT molecular complexity index is 247. The second-order valence-corrected chi connectivity index (χ2v) is 4.83. The van der Waals surface area contributed by atoms with E-state index in [0.29, 0.717) is 12.0 Å². The molecule has 4 nitrogen and oxygen atoms in total. The van der Waals surface area contributed by atoms with Crippen LogP contribution in [0.5, 0.6) is 0 Å². The minimum Gasteiger partial charge on any atom is -0.381 e. The lowest BCUT2D eigenvalue weighted by Gasteiger charge is -2.27. The Morgan fingerprint density at radius 2 is 2.25 bits per heavy atom. The molecule has 0 aromatic carbocycles. The van der Waals surface area contributed by atoms with Gasteiger partial charge < -0.3 is 14.4 Å². The molecule has 1 aliphatic carbocycles. The lowest BCUT2D eigenvalue weighted by atomic mass is 10.1. The molecule has 2 atom stereocenters. The molecule has 2 fully saturated rings. The average Bonchev–Trinajstić information content (AvgIpc) is 3.01. The van der Waals surface area contributed by atoms with Crippen molar-refractivity contribution in [2.24, 2.45) is 5.92 Å². The number of carbonyl (C=O) groups is 1. The number of hydrogen-bond acceptors (Lipinski definition) is 3. The molecule has 1 saturated carbocycles. The first-order chi connectivity index (χ1) is 7.72. The molecular weight excluding hydrogens is 206 g/mol. The summed E-state index contributed by atoms with van der Waals surface area (Å²) < 4.78 is 10.5. The van der Waals surface area contributed by atoms with E-state index < -0.39 is 0 Å². The molecule has 4 heteroatoms. The zero-order valence-electron chi connectivity index (χ0n) is 10.1. The van der Waals surface area contributed by atoms with Crippen molar-refractivity contribution in [3.8, 4) is 0 Å². The van der Waals surface area contributed by atoms with Crippen LogP contribution >= 0.6 is 0 Å². The second-order valence-electron chi connectivity index (χ2n) is 4.83. The number of methoxy groups -OCH3 is 1. The van der Waals surface area contributed by atoms with Crippen molar-refractivity contribution >= 4 is 5.91 Å². The fraction of sp³-hybridized carbons (Fsp3) is 0.917. The van der Waals surface area contributed by atoms with Gasteiger partial charge in [-0.25, -0.2) is 0 Å². The molecule has 92 valence electrons. The first-order valence-corrected chi connectivity index (χ1v) is 6.13.